The van der Waals surface area contributed by atoms with E-state index in [1.54, 1.807) is 0 Å². The molecule has 0 spiro atoms. The summed E-state index contributed by atoms with van der Waals surface area (Å²) in [6, 6.07) is 14.0. The van der Waals surface area contributed by atoms with Crippen molar-refractivity contribution in [3.63, 3.8) is 0 Å². The third-order valence-corrected chi connectivity index (χ3v) is 5.42. The molecule has 3 N–H and O–H groups in total. The summed E-state index contributed by atoms with van der Waals surface area (Å²) in [6.07, 6.45) is -3.41. The van der Waals surface area contributed by atoms with Crippen molar-refractivity contribution in [1.29, 1.82) is 0 Å². The van der Waals surface area contributed by atoms with Crippen LogP contribution in [0, 0.1) is 3.57 Å². The second-order valence-electron chi connectivity index (χ2n) is 7.06. The molecule has 0 radical (unpaired) electrons. The first kappa shape index (κ1) is 24.5. The first-order chi connectivity index (χ1) is 15.6. The number of carboxylic acid groups (broad SMARTS) is 1. The Bertz CT molecular complexity index is 1130. The summed E-state index contributed by atoms with van der Waals surface area (Å²) in [5.74, 6) is -1.61. The van der Waals surface area contributed by atoms with Crippen LogP contribution in [0.4, 0.5) is 18.9 Å². The van der Waals surface area contributed by atoms with Gasteiger partial charge in [-0.2, -0.15) is 13.2 Å². The smallest absolute Gasteiger partial charge is 0.416 e. The third kappa shape index (κ3) is 6.91. The van der Waals surface area contributed by atoms with Gasteiger partial charge in [-0.05, 0) is 76.2 Å². The predicted octanol–water partition coefficient (Wildman–Crippen LogP) is 5.19. The third-order valence-electron chi connectivity index (χ3n) is 4.70. The summed E-state index contributed by atoms with van der Waals surface area (Å²) < 4.78 is 41.0. The van der Waals surface area contributed by atoms with Crippen molar-refractivity contribution >= 4 is 40.2 Å². The van der Waals surface area contributed by atoms with Crippen LogP contribution in [0.1, 0.15) is 28.0 Å². The molecule has 0 saturated carbocycles. The Hall–Kier alpha value is -3.15. The van der Waals surface area contributed by atoms with Crippen molar-refractivity contribution in [2.24, 2.45) is 0 Å². The number of amides is 1. The highest BCUT2D eigenvalue weighted by Gasteiger charge is 2.31. The van der Waals surface area contributed by atoms with Gasteiger partial charge in [-0.1, -0.05) is 12.1 Å². The SMILES string of the molecule is O=C(O)CCNC(=O)c1ccc(-c2cc(C(F)(F)F)ccc2CNc2ccc(I)cc2)cn1. The molecule has 2 aromatic carbocycles. The predicted molar refractivity (Wildman–Crippen MR) is 126 cm³/mol. The van der Waals surface area contributed by atoms with Crippen molar-refractivity contribution in [3.8, 4) is 11.1 Å². The van der Waals surface area contributed by atoms with E-state index in [9.17, 15) is 22.8 Å². The van der Waals surface area contributed by atoms with E-state index in [2.05, 4.69) is 38.2 Å². The van der Waals surface area contributed by atoms with Gasteiger partial charge in [0.15, 0.2) is 0 Å². The topological polar surface area (TPSA) is 91.3 Å². The Morgan fingerprint density at radius 1 is 1.03 bits per heavy atom. The van der Waals surface area contributed by atoms with E-state index in [0.29, 0.717) is 16.7 Å². The number of nitrogens with zero attached hydrogens (tertiary/aromatic N) is 1. The Kier molecular flexibility index (Phi) is 7.90. The lowest BCUT2D eigenvalue weighted by Gasteiger charge is -2.15. The molecule has 1 heterocycles. The Morgan fingerprint density at radius 3 is 2.36 bits per heavy atom. The van der Waals surface area contributed by atoms with Gasteiger partial charge in [0.05, 0.1) is 12.0 Å². The molecule has 172 valence electrons. The van der Waals surface area contributed by atoms with E-state index in [-0.39, 0.29) is 25.2 Å². The zero-order chi connectivity index (χ0) is 24.0. The van der Waals surface area contributed by atoms with Crippen LogP contribution in [0.25, 0.3) is 11.1 Å². The quantitative estimate of drug-likeness (QED) is 0.325. The summed E-state index contributed by atoms with van der Waals surface area (Å²) in [6.45, 7) is 0.227. The van der Waals surface area contributed by atoms with Gasteiger partial charge in [0.25, 0.3) is 5.91 Å². The number of alkyl halides is 3. The minimum atomic E-state index is -4.51. The van der Waals surface area contributed by atoms with Gasteiger partial charge in [-0.15, -0.1) is 0 Å². The highest BCUT2D eigenvalue weighted by Crippen LogP contribution is 2.34. The Morgan fingerprint density at radius 2 is 1.76 bits per heavy atom. The van der Waals surface area contributed by atoms with Crippen LogP contribution >= 0.6 is 22.6 Å². The Balaban J connectivity index is 1.85. The number of rotatable bonds is 8. The molecule has 1 aromatic heterocycles. The van der Waals surface area contributed by atoms with Gasteiger partial charge in [-0.3, -0.25) is 14.6 Å². The molecule has 3 rings (SSSR count). The molecular weight excluding hydrogens is 550 g/mol. The molecule has 0 saturated heterocycles. The number of carboxylic acids is 1. The average molecular weight is 569 g/mol. The average Bonchev–Trinajstić information content (AvgIpc) is 2.78. The number of hydrogen-bond donors (Lipinski definition) is 3. The lowest BCUT2D eigenvalue weighted by molar-refractivity contribution is -0.138. The molecule has 0 bridgehead atoms. The minimum Gasteiger partial charge on any atom is -0.481 e. The molecule has 33 heavy (non-hydrogen) atoms. The van der Waals surface area contributed by atoms with Gasteiger partial charge in [0.2, 0.25) is 0 Å². The van der Waals surface area contributed by atoms with Gasteiger partial charge in [0.1, 0.15) is 5.69 Å². The molecule has 0 atom stereocenters. The lowest BCUT2D eigenvalue weighted by Crippen LogP contribution is -2.26. The summed E-state index contributed by atoms with van der Waals surface area (Å²) in [4.78, 5) is 26.7. The summed E-state index contributed by atoms with van der Waals surface area (Å²) in [5.41, 5.74) is 1.46. The van der Waals surface area contributed by atoms with Gasteiger partial charge in [-0.25, -0.2) is 0 Å². The fourth-order valence-corrected chi connectivity index (χ4v) is 3.36. The monoisotopic (exact) mass is 569 g/mol. The van der Waals surface area contributed by atoms with Gasteiger partial charge < -0.3 is 15.7 Å². The zero-order valence-electron chi connectivity index (χ0n) is 17.1. The normalized spacial score (nSPS) is 11.2. The highest BCUT2D eigenvalue weighted by atomic mass is 127. The van der Waals surface area contributed by atoms with Crippen LogP contribution in [0.2, 0.25) is 0 Å². The van der Waals surface area contributed by atoms with Crippen molar-refractivity contribution < 1.29 is 27.9 Å². The second-order valence-corrected chi connectivity index (χ2v) is 8.31. The number of aliphatic carboxylic acids is 1. The number of halogens is 4. The van der Waals surface area contributed by atoms with E-state index in [1.165, 1.54) is 24.4 Å². The number of carbonyl (C=O) groups excluding carboxylic acids is 1. The van der Waals surface area contributed by atoms with E-state index in [4.69, 9.17) is 5.11 Å². The highest BCUT2D eigenvalue weighted by molar-refractivity contribution is 14.1. The first-order valence-corrected chi connectivity index (χ1v) is 10.9. The number of pyridine rings is 1. The molecule has 0 unspecified atom stereocenters. The number of nitrogens with one attached hydrogen (secondary N) is 2. The van der Waals surface area contributed by atoms with Crippen LogP contribution in [-0.4, -0.2) is 28.5 Å². The standard InChI is InChI=1S/C23H19F3IN3O3/c24-23(25,26)16-3-1-14(12-29-18-6-4-17(27)5-7-18)19(11-16)15-2-8-20(30-13-15)22(33)28-10-9-21(31)32/h1-8,11,13,29H,9-10,12H2,(H,28,33)(H,31,32). The number of benzene rings is 2. The van der Waals surface area contributed by atoms with Crippen LogP contribution in [-0.2, 0) is 17.5 Å². The maximum atomic E-state index is 13.3. The number of aromatic nitrogens is 1. The number of anilines is 1. The molecule has 6 nitrogen and oxygen atoms in total. The van der Waals surface area contributed by atoms with Crippen molar-refractivity contribution in [1.82, 2.24) is 10.3 Å². The van der Waals surface area contributed by atoms with E-state index in [1.807, 2.05) is 24.3 Å². The molecule has 0 aliphatic carbocycles. The largest absolute Gasteiger partial charge is 0.481 e. The molecular formula is C23H19F3IN3O3. The van der Waals surface area contributed by atoms with E-state index < -0.39 is 23.6 Å². The maximum Gasteiger partial charge on any atom is 0.416 e. The molecule has 3 aromatic rings. The molecule has 0 fully saturated rings. The minimum absolute atomic E-state index is 0.0367. The second kappa shape index (κ2) is 10.6. The summed E-state index contributed by atoms with van der Waals surface area (Å²) in [5, 5.41) is 14.3. The first-order valence-electron chi connectivity index (χ1n) is 9.79. The number of carbonyl (C=O) groups is 2. The number of hydrogen-bond acceptors (Lipinski definition) is 4. The summed E-state index contributed by atoms with van der Waals surface area (Å²) in [7, 11) is 0. The van der Waals surface area contributed by atoms with E-state index in [0.717, 1.165) is 21.4 Å². The molecule has 10 heteroatoms. The van der Waals surface area contributed by atoms with Gasteiger partial charge in [0, 0.05) is 34.1 Å². The van der Waals surface area contributed by atoms with E-state index >= 15 is 0 Å². The van der Waals surface area contributed by atoms with Crippen LogP contribution in [0.5, 0.6) is 0 Å². The van der Waals surface area contributed by atoms with Crippen molar-refractivity contribution in [2.75, 3.05) is 11.9 Å². The van der Waals surface area contributed by atoms with Crippen molar-refractivity contribution in [3.05, 3.63) is 81.2 Å². The maximum absolute atomic E-state index is 13.3. The molecule has 0 aliphatic rings. The fraction of sp³-hybridized carbons (Fsp3) is 0.174. The Labute approximate surface area is 201 Å². The fourth-order valence-electron chi connectivity index (χ4n) is 3.00. The van der Waals surface area contributed by atoms with Crippen molar-refractivity contribution in [2.45, 2.75) is 19.1 Å². The lowest BCUT2D eigenvalue weighted by atomic mass is 9.97. The van der Waals surface area contributed by atoms with Crippen LogP contribution < -0.4 is 10.6 Å². The molecule has 0 aliphatic heterocycles. The summed E-state index contributed by atoms with van der Waals surface area (Å²) >= 11 is 2.18. The van der Waals surface area contributed by atoms with Crippen LogP contribution in [0.15, 0.2) is 60.8 Å². The molecule has 1 amide bonds. The van der Waals surface area contributed by atoms with Gasteiger partial charge >= 0.3 is 12.1 Å². The zero-order valence-corrected chi connectivity index (χ0v) is 19.3. The van der Waals surface area contributed by atoms with Crippen LogP contribution in [0.3, 0.4) is 0 Å².